The summed E-state index contributed by atoms with van der Waals surface area (Å²) in [6, 6.07) is 0. The third-order valence-corrected chi connectivity index (χ3v) is 3.50. The van der Waals surface area contributed by atoms with E-state index in [9.17, 15) is 9.90 Å². The lowest BCUT2D eigenvalue weighted by Crippen LogP contribution is -2.28. The monoisotopic (exact) mass is 265 g/mol. The lowest BCUT2D eigenvalue weighted by molar-refractivity contribution is -0.135. The summed E-state index contributed by atoms with van der Waals surface area (Å²) in [5.74, 6) is -0.409. The zero-order chi connectivity index (χ0) is 13.9. The van der Waals surface area contributed by atoms with Crippen LogP contribution in [0.25, 0.3) is 6.20 Å². The van der Waals surface area contributed by atoms with Crippen LogP contribution in [0.5, 0.6) is 0 Å². The Labute approximate surface area is 112 Å². The van der Waals surface area contributed by atoms with Crippen LogP contribution in [-0.2, 0) is 15.1 Å². The maximum absolute atomic E-state index is 11.3. The van der Waals surface area contributed by atoms with Gasteiger partial charge in [-0.15, -0.1) is 5.10 Å². The molecule has 0 aliphatic heterocycles. The molecule has 0 unspecified atom stereocenters. The molecule has 0 saturated heterocycles. The molecule has 6 nitrogen and oxygen atoms in total. The van der Waals surface area contributed by atoms with Crippen LogP contribution >= 0.6 is 0 Å². The van der Waals surface area contributed by atoms with Crippen LogP contribution in [0.4, 0.5) is 0 Å². The molecule has 0 atom stereocenters. The van der Waals surface area contributed by atoms with Gasteiger partial charge in [-0.3, -0.25) is 0 Å². The lowest BCUT2D eigenvalue weighted by Gasteiger charge is -2.29. The smallest absolute Gasteiger partial charge is 0.334 e. The molecule has 1 fully saturated rings. The van der Waals surface area contributed by atoms with E-state index in [4.69, 9.17) is 0 Å². The highest BCUT2D eigenvalue weighted by Crippen LogP contribution is 2.35. The van der Waals surface area contributed by atoms with E-state index in [1.54, 1.807) is 13.1 Å². The molecule has 1 saturated carbocycles. The van der Waals surface area contributed by atoms with Gasteiger partial charge in [-0.05, 0) is 19.8 Å². The molecule has 1 aromatic heterocycles. The molecule has 104 valence electrons. The van der Waals surface area contributed by atoms with Crippen LogP contribution in [0.2, 0.25) is 0 Å². The average Bonchev–Trinajstić information content (AvgIpc) is 2.88. The number of carbonyl (C=O) groups excluding carboxylic acids is 1. The van der Waals surface area contributed by atoms with Gasteiger partial charge in [-0.2, -0.15) is 0 Å². The highest BCUT2D eigenvalue weighted by atomic mass is 16.5. The number of nitrogens with zero attached hydrogens (tertiary/aromatic N) is 3. The van der Waals surface area contributed by atoms with Crippen molar-refractivity contribution in [2.24, 2.45) is 0 Å². The van der Waals surface area contributed by atoms with Crippen LogP contribution in [-0.4, -0.2) is 33.2 Å². The van der Waals surface area contributed by atoms with Gasteiger partial charge in [-0.25, -0.2) is 9.48 Å². The van der Waals surface area contributed by atoms with Crippen molar-refractivity contribution in [1.82, 2.24) is 15.0 Å². The minimum Gasteiger partial charge on any atom is -0.466 e. The summed E-state index contributed by atoms with van der Waals surface area (Å²) >= 11 is 0. The molecule has 0 spiro atoms. The van der Waals surface area contributed by atoms with Crippen LogP contribution in [0, 0.1) is 0 Å². The molecule has 1 aromatic rings. The van der Waals surface area contributed by atoms with Crippen molar-refractivity contribution in [2.45, 2.75) is 44.6 Å². The van der Waals surface area contributed by atoms with Gasteiger partial charge in [0.1, 0.15) is 11.3 Å². The largest absolute Gasteiger partial charge is 0.466 e. The number of rotatable bonds is 3. The number of ether oxygens (including phenoxy) is 1. The van der Waals surface area contributed by atoms with Crippen molar-refractivity contribution in [3.63, 3.8) is 0 Å². The molecule has 2 rings (SSSR count). The first-order chi connectivity index (χ1) is 9.05. The molecule has 1 N–H and O–H groups in total. The Balaban J connectivity index is 2.17. The lowest BCUT2D eigenvalue weighted by atomic mass is 9.83. The van der Waals surface area contributed by atoms with E-state index in [1.807, 2.05) is 0 Å². The number of aliphatic hydroxyl groups is 1. The topological polar surface area (TPSA) is 77.2 Å². The molecule has 0 amide bonds. The number of carbonyl (C=O) groups is 1. The first-order valence-electron chi connectivity index (χ1n) is 6.46. The van der Waals surface area contributed by atoms with Crippen molar-refractivity contribution in [3.8, 4) is 0 Å². The fourth-order valence-corrected chi connectivity index (χ4v) is 2.36. The van der Waals surface area contributed by atoms with Crippen molar-refractivity contribution < 1.29 is 14.6 Å². The number of methoxy groups -OCH3 is 1. The summed E-state index contributed by atoms with van der Waals surface area (Å²) in [6.07, 6.45) is 7.78. The van der Waals surface area contributed by atoms with Crippen LogP contribution in [0.3, 0.4) is 0 Å². The van der Waals surface area contributed by atoms with E-state index in [1.165, 1.54) is 18.0 Å². The second-order valence-corrected chi connectivity index (χ2v) is 4.98. The molecule has 1 aliphatic rings. The van der Waals surface area contributed by atoms with E-state index in [0.717, 1.165) is 19.3 Å². The quantitative estimate of drug-likeness (QED) is 0.661. The molecule has 19 heavy (non-hydrogen) atoms. The molecule has 1 aliphatic carbocycles. The Hall–Kier alpha value is -1.69. The first kappa shape index (κ1) is 13.7. The van der Waals surface area contributed by atoms with E-state index >= 15 is 0 Å². The predicted molar refractivity (Wildman–Crippen MR) is 69.0 cm³/mol. The Morgan fingerprint density at radius 1 is 1.47 bits per heavy atom. The zero-order valence-electron chi connectivity index (χ0n) is 11.3. The number of hydrogen-bond acceptors (Lipinski definition) is 5. The summed E-state index contributed by atoms with van der Waals surface area (Å²) in [4.78, 5) is 11.3. The van der Waals surface area contributed by atoms with E-state index in [-0.39, 0.29) is 0 Å². The fourth-order valence-electron chi connectivity index (χ4n) is 2.36. The maximum atomic E-state index is 11.3. The normalized spacial score (nSPS) is 19.2. The molecule has 6 heteroatoms. The SMILES string of the molecule is COC(=O)C(C)=Cn1cc(C2(O)CCCCC2)nn1. The van der Waals surface area contributed by atoms with Gasteiger partial charge in [0.15, 0.2) is 0 Å². The third-order valence-electron chi connectivity index (χ3n) is 3.50. The third kappa shape index (κ3) is 3.01. The standard InChI is InChI=1S/C13H19N3O3/c1-10(12(17)19-2)8-16-9-11(14-15-16)13(18)6-4-3-5-7-13/h8-9,18H,3-7H2,1-2H3. The second kappa shape index (κ2) is 5.52. The second-order valence-electron chi connectivity index (χ2n) is 4.98. The number of hydrogen-bond donors (Lipinski definition) is 1. The minimum atomic E-state index is -0.872. The van der Waals surface area contributed by atoms with Crippen molar-refractivity contribution in [1.29, 1.82) is 0 Å². The van der Waals surface area contributed by atoms with Crippen LogP contribution in [0.1, 0.15) is 44.7 Å². The van der Waals surface area contributed by atoms with Gasteiger partial charge in [0, 0.05) is 6.20 Å². The van der Waals surface area contributed by atoms with Crippen molar-refractivity contribution >= 4 is 12.2 Å². The van der Waals surface area contributed by atoms with E-state index < -0.39 is 11.6 Å². The molecular formula is C13H19N3O3. The minimum absolute atomic E-state index is 0.409. The fraction of sp³-hybridized carbons (Fsp3) is 0.615. The number of esters is 1. The summed E-state index contributed by atoms with van der Waals surface area (Å²) in [6.45, 7) is 1.64. The van der Waals surface area contributed by atoms with Crippen molar-refractivity contribution in [2.75, 3.05) is 7.11 Å². The number of aromatic nitrogens is 3. The zero-order valence-corrected chi connectivity index (χ0v) is 11.3. The van der Waals surface area contributed by atoms with Gasteiger partial charge in [-0.1, -0.05) is 24.5 Å². The molecule has 0 aromatic carbocycles. The van der Waals surface area contributed by atoms with Crippen LogP contribution in [0.15, 0.2) is 11.8 Å². The molecule has 0 radical (unpaired) electrons. The van der Waals surface area contributed by atoms with Gasteiger partial charge in [0.25, 0.3) is 0 Å². The Morgan fingerprint density at radius 2 is 2.16 bits per heavy atom. The van der Waals surface area contributed by atoms with Gasteiger partial charge in [0.2, 0.25) is 0 Å². The Morgan fingerprint density at radius 3 is 2.79 bits per heavy atom. The van der Waals surface area contributed by atoms with Gasteiger partial charge >= 0.3 is 5.97 Å². The summed E-state index contributed by atoms with van der Waals surface area (Å²) in [7, 11) is 1.33. The summed E-state index contributed by atoms with van der Waals surface area (Å²) < 4.78 is 6.05. The first-order valence-corrected chi connectivity index (χ1v) is 6.46. The Bertz CT molecular complexity index is 487. The predicted octanol–water partition coefficient (Wildman–Crippen LogP) is 1.46. The summed E-state index contributed by atoms with van der Waals surface area (Å²) in [5, 5.41) is 18.4. The highest BCUT2D eigenvalue weighted by molar-refractivity contribution is 5.90. The highest BCUT2D eigenvalue weighted by Gasteiger charge is 2.33. The molecular weight excluding hydrogens is 246 g/mol. The molecule has 1 heterocycles. The summed E-state index contributed by atoms with van der Waals surface area (Å²) in [5.41, 5.74) is 0.125. The van der Waals surface area contributed by atoms with E-state index in [0.29, 0.717) is 24.1 Å². The van der Waals surface area contributed by atoms with Gasteiger partial charge in [0.05, 0.1) is 18.9 Å². The van der Waals surface area contributed by atoms with Crippen LogP contribution < -0.4 is 0 Å². The van der Waals surface area contributed by atoms with Crippen molar-refractivity contribution in [3.05, 3.63) is 17.5 Å². The van der Waals surface area contributed by atoms with E-state index in [2.05, 4.69) is 15.0 Å². The Kier molecular flexibility index (Phi) is 3.99. The van der Waals surface area contributed by atoms with Gasteiger partial charge < -0.3 is 9.84 Å². The molecule has 0 bridgehead atoms. The maximum Gasteiger partial charge on any atom is 0.334 e. The average molecular weight is 265 g/mol.